The van der Waals surface area contributed by atoms with Gasteiger partial charge in [-0.25, -0.2) is 0 Å². The van der Waals surface area contributed by atoms with E-state index in [4.69, 9.17) is 15.2 Å². The van der Waals surface area contributed by atoms with Crippen LogP contribution in [0.5, 0.6) is 17.2 Å². The fraction of sp³-hybridized carbons (Fsp3) is 0.200. The van der Waals surface area contributed by atoms with Crippen molar-refractivity contribution in [1.29, 1.82) is 0 Å². The van der Waals surface area contributed by atoms with Gasteiger partial charge in [-0.1, -0.05) is 6.07 Å². The Balaban J connectivity index is 2.29. The first kappa shape index (κ1) is 14.8. The van der Waals surface area contributed by atoms with Gasteiger partial charge in [-0.3, -0.25) is 10.1 Å². The number of nitrogens with two attached hydrogens (primary N) is 1. The van der Waals surface area contributed by atoms with Crippen molar-refractivity contribution in [3.63, 3.8) is 0 Å². The van der Waals surface area contributed by atoms with Crippen LogP contribution in [-0.2, 0) is 6.54 Å². The van der Waals surface area contributed by atoms with Crippen LogP contribution in [-0.4, -0.2) is 12.0 Å². The Morgan fingerprint density at radius 1 is 1.19 bits per heavy atom. The highest BCUT2D eigenvalue weighted by Crippen LogP contribution is 2.33. The average molecular weight is 288 g/mol. The van der Waals surface area contributed by atoms with Gasteiger partial charge in [0.05, 0.1) is 18.1 Å². The molecule has 0 amide bonds. The smallest absolute Gasteiger partial charge is 0.314 e. The minimum atomic E-state index is -0.505. The lowest BCUT2D eigenvalue weighted by Crippen LogP contribution is -1.99. The summed E-state index contributed by atoms with van der Waals surface area (Å²) in [5.74, 6) is 1.17. The summed E-state index contributed by atoms with van der Waals surface area (Å²) in [5.41, 5.74) is 7.52. The van der Waals surface area contributed by atoms with E-state index in [1.54, 1.807) is 12.1 Å². The molecule has 2 aromatic carbocycles. The summed E-state index contributed by atoms with van der Waals surface area (Å²) in [6.45, 7) is 2.39. The van der Waals surface area contributed by atoms with Crippen molar-refractivity contribution in [2.75, 3.05) is 7.11 Å². The van der Waals surface area contributed by atoms with Crippen LogP contribution in [0, 0.1) is 17.0 Å². The van der Waals surface area contributed by atoms with Crippen molar-refractivity contribution in [2.24, 2.45) is 5.73 Å². The fourth-order valence-electron chi connectivity index (χ4n) is 1.97. The maximum Gasteiger partial charge on any atom is 0.314 e. The van der Waals surface area contributed by atoms with Gasteiger partial charge in [-0.2, -0.15) is 0 Å². The van der Waals surface area contributed by atoms with E-state index in [0.29, 0.717) is 18.0 Å². The molecule has 0 aliphatic carbocycles. The number of aryl methyl sites for hydroxylation is 1. The van der Waals surface area contributed by atoms with Crippen LogP contribution in [0.2, 0.25) is 0 Å². The first-order valence-electron chi connectivity index (χ1n) is 6.35. The van der Waals surface area contributed by atoms with Gasteiger partial charge in [0.1, 0.15) is 11.5 Å². The second kappa shape index (κ2) is 6.23. The molecule has 110 valence electrons. The molecule has 0 bridgehead atoms. The van der Waals surface area contributed by atoms with E-state index >= 15 is 0 Å². The van der Waals surface area contributed by atoms with Crippen LogP contribution >= 0.6 is 0 Å². The van der Waals surface area contributed by atoms with Gasteiger partial charge in [0.15, 0.2) is 5.75 Å². The van der Waals surface area contributed by atoms with E-state index < -0.39 is 4.92 Å². The Morgan fingerprint density at radius 3 is 2.43 bits per heavy atom. The van der Waals surface area contributed by atoms with Gasteiger partial charge < -0.3 is 15.2 Å². The summed E-state index contributed by atoms with van der Waals surface area (Å²) < 4.78 is 10.6. The molecule has 0 spiro atoms. The van der Waals surface area contributed by atoms with Crippen molar-refractivity contribution < 1.29 is 14.4 Å². The minimum Gasteiger partial charge on any atom is -0.490 e. The number of hydrogen-bond acceptors (Lipinski definition) is 5. The highest BCUT2D eigenvalue weighted by Gasteiger charge is 2.16. The summed E-state index contributed by atoms with van der Waals surface area (Å²) in [6.07, 6.45) is 0. The van der Waals surface area contributed by atoms with E-state index in [2.05, 4.69) is 0 Å². The third kappa shape index (κ3) is 3.29. The molecule has 0 radical (unpaired) electrons. The number of benzene rings is 2. The van der Waals surface area contributed by atoms with Gasteiger partial charge in [0, 0.05) is 6.54 Å². The predicted molar refractivity (Wildman–Crippen MR) is 78.8 cm³/mol. The second-order valence-electron chi connectivity index (χ2n) is 4.49. The number of nitro benzene ring substituents is 1. The molecule has 0 saturated carbocycles. The van der Waals surface area contributed by atoms with Crippen LogP contribution in [0.4, 0.5) is 5.69 Å². The Morgan fingerprint density at radius 2 is 1.86 bits per heavy atom. The summed E-state index contributed by atoms with van der Waals surface area (Å²) >= 11 is 0. The molecular weight excluding hydrogens is 272 g/mol. The molecule has 0 saturated heterocycles. The SMILES string of the molecule is COc1ccc(Oc2ccc(CN)c(C)c2)cc1[N+](=O)[O-]. The number of hydrogen-bond donors (Lipinski definition) is 1. The largest absolute Gasteiger partial charge is 0.490 e. The molecule has 0 aromatic heterocycles. The third-order valence-corrected chi connectivity index (χ3v) is 3.12. The molecule has 0 atom stereocenters. The number of nitrogens with zero attached hydrogens (tertiary/aromatic N) is 1. The Kier molecular flexibility index (Phi) is 4.39. The van der Waals surface area contributed by atoms with E-state index in [1.807, 2.05) is 19.1 Å². The average Bonchev–Trinajstić information content (AvgIpc) is 2.47. The van der Waals surface area contributed by atoms with Crippen LogP contribution in [0.1, 0.15) is 11.1 Å². The summed E-state index contributed by atoms with van der Waals surface area (Å²) in [7, 11) is 1.39. The molecule has 6 nitrogen and oxygen atoms in total. The Labute approximate surface area is 122 Å². The van der Waals surface area contributed by atoms with Gasteiger partial charge in [-0.15, -0.1) is 0 Å². The summed E-state index contributed by atoms with van der Waals surface area (Å²) in [5, 5.41) is 11.0. The van der Waals surface area contributed by atoms with E-state index in [1.165, 1.54) is 19.2 Å². The van der Waals surface area contributed by atoms with Gasteiger partial charge in [-0.05, 0) is 42.3 Å². The zero-order valence-electron chi connectivity index (χ0n) is 11.8. The topological polar surface area (TPSA) is 87.6 Å². The molecule has 2 N–H and O–H groups in total. The quantitative estimate of drug-likeness (QED) is 0.674. The maximum atomic E-state index is 11.0. The molecule has 6 heteroatoms. The summed E-state index contributed by atoms with van der Waals surface area (Å²) in [6, 6.07) is 9.98. The molecule has 2 aromatic rings. The monoisotopic (exact) mass is 288 g/mol. The molecule has 0 unspecified atom stereocenters. The zero-order valence-corrected chi connectivity index (χ0v) is 11.8. The first-order chi connectivity index (χ1) is 10.0. The molecule has 0 heterocycles. The van der Waals surface area contributed by atoms with E-state index in [9.17, 15) is 10.1 Å². The highest BCUT2D eigenvalue weighted by molar-refractivity contribution is 5.52. The lowest BCUT2D eigenvalue weighted by Gasteiger charge is -2.09. The number of ether oxygens (including phenoxy) is 2. The molecular formula is C15H16N2O4. The Bertz CT molecular complexity index is 671. The van der Waals surface area contributed by atoms with Crippen LogP contribution in [0.3, 0.4) is 0 Å². The Hall–Kier alpha value is -2.60. The molecule has 0 aliphatic heterocycles. The summed E-state index contributed by atoms with van der Waals surface area (Å²) in [4.78, 5) is 10.5. The minimum absolute atomic E-state index is 0.134. The van der Waals surface area contributed by atoms with Crippen molar-refractivity contribution in [3.05, 3.63) is 57.6 Å². The van der Waals surface area contributed by atoms with Crippen molar-refractivity contribution in [2.45, 2.75) is 13.5 Å². The van der Waals surface area contributed by atoms with Gasteiger partial charge in [0.25, 0.3) is 0 Å². The van der Waals surface area contributed by atoms with Crippen LogP contribution < -0.4 is 15.2 Å². The molecule has 21 heavy (non-hydrogen) atoms. The van der Waals surface area contributed by atoms with Crippen molar-refractivity contribution in [3.8, 4) is 17.2 Å². The third-order valence-electron chi connectivity index (χ3n) is 3.12. The molecule has 0 fully saturated rings. The number of rotatable bonds is 5. The molecule has 0 aliphatic rings. The lowest BCUT2D eigenvalue weighted by molar-refractivity contribution is -0.385. The van der Waals surface area contributed by atoms with Gasteiger partial charge in [0.2, 0.25) is 0 Å². The van der Waals surface area contributed by atoms with Gasteiger partial charge >= 0.3 is 5.69 Å². The number of methoxy groups -OCH3 is 1. The fourth-order valence-corrected chi connectivity index (χ4v) is 1.97. The molecule has 2 rings (SSSR count). The highest BCUT2D eigenvalue weighted by atomic mass is 16.6. The number of nitro groups is 1. The van der Waals surface area contributed by atoms with E-state index in [0.717, 1.165) is 11.1 Å². The lowest BCUT2D eigenvalue weighted by atomic mass is 10.1. The first-order valence-corrected chi connectivity index (χ1v) is 6.35. The van der Waals surface area contributed by atoms with Crippen LogP contribution in [0.25, 0.3) is 0 Å². The van der Waals surface area contributed by atoms with E-state index in [-0.39, 0.29) is 11.4 Å². The standard InChI is InChI=1S/C15H16N2O4/c1-10-7-12(4-3-11(10)9-16)21-13-5-6-15(20-2)14(8-13)17(18)19/h3-8H,9,16H2,1-2H3. The predicted octanol–water partition coefficient (Wildman–Crippen LogP) is 3.16. The maximum absolute atomic E-state index is 11.0. The normalized spacial score (nSPS) is 10.2. The zero-order chi connectivity index (χ0) is 15.4. The second-order valence-corrected chi connectivity index (χ2v) is 4.49. The van der Waals surface area contributed by atoms with Crippen molar-refractivity contribution >= 4 is 5.69 Å². The van der Waals surface area contributed by atoms with Crippen molar-refractivity contribution in [1.82, 2.24) is 0 Å². The van der Waals surface area contributed by atoms with Crippen LogP contribution in [0.15, 0.2) is 36.4 Å².